The SMILES string of the molecule is N#CCCCN1CCC(N(Cc2ccccc2CC(=O)CCl)C(=O)Nc2ccc(Cl)c(Cl)c2)CC1. The molecule has 0 saturated carbocycles. The number of carbonyl (C=O) groups excluding carboxylic acids is 2. The van der Waals surface area contributed by atoms with E-state index in [4.69, 9.17) is 40.1 Å². The van der Waals surface area contributed by atoms with E-state index < -0.39 is 0 Å². The minimum atomic E-state index is -0.232. The largest absolute Gasteiger partial charge is 0.322 e. The van der Waals surface area contributed by atoms with E-state index in [0.717, 1.165) is 50.0 Å². The molecular formula is C26H29Cl3N4O2. The van der Waals surface area contributed by atoms with Crippen LogP contribution in [0.25, 0.3) is 0 Å². The number of hydrogen-bond donors (Lipinski definition) is 1. The number of nitrogens with one attached hydrogen (secondary N) is 1. The molecule has 2 aromatic rings. The zero-order valence-corrected chi connectivity index (χ0v) is 21.7. The number of halogens is 3. The molecule has 0 spiro atoms. The highest BCUT2D eigenvalue weighted by Gasteiger charge is 2.29. The van der Waals surface area contributed by atoms with Gasteiger partial charge in [-0.2, -0.15) is 5.26 Å². The number of unbranched alkanes of at least 4 members (excludes halogenated alkanes) is 1. The van der Waals surface area contributed by atoms with Crippen molar-refractivity contribution in [3.63, 3.8) is 0 Å². The predicted molar refractivity (Wildman–Crippen MR) is 141 cm³/mol. The van der Waals surface area contributed by atoms with E-state index in [2.05, 4.69) is 16.3 Å². The molecule has 0 aromatic heterocycles. The summed E-state index contributed by atoms with van der Waals surface area (Å²) in [7, 11) is 0. The Hall–Kier alpha value is -2.30. The van der Waals surface area contributed by atoms with Crippen LogP contribution in [-0.4, -0.2) is 53.2 Å². The number of amides is 2. The van der Waals surface area contributed by atoms with Gasteiger partial charge in [0.1, 0.15) is 0 Å². The van der Waals surface area contributed by atoms with E-state index in [0.29, 0.717) is 28.7 Å². The smallest absolute Gasteiger partial charge is 0.317 e. The number of piperidine rings is 1. The van der Waals surface area contributed by atoms with Crippen LogP contribution in [0.1, 0.15) is 36.8 Å². The zero-order chi connectivity index (χ0) is 25.2. The van der Waals surface area contributed by atoms with Gasteiger partial charge in [0.05, 0.1) is 22.0 Å². The van der Waals surface area contributed by atoms with Crippen LogP contribution in [0.5, 0.6) is 0 Å². The number of carbonyl (C=O) groups is 2. The van der Waals surface area contributed by atoms with Crippen molar-refractivity contribution in [3.8, 4) is 6.07 Å². The third kappa shape index (κ3) is 8.12. The van der Waals surface area contributed by atoms with Gasteiger partial charge in [-0.25, -0.2) is 4.79 Å². The lowest BCUT2D eigenvalue weighted by molar-refractivity contribution is -0.116. The van der Waals surface area contributed by atoms with Crippen molar-refractivity contribution < 1.29 is 9.59 Å². The summed E-state index contributed by atoms with van der Waals surface area (Å²) in [5.74, 6) is -0.100. The van der Waals surface area contributed by atoms with Gasteiger partial charge in [0, 0.05) is 44.2 Å². The summed E-state index contributed by atoms with van der Waals surface area (Å²) in [6, 6.07) is 14.7. The number of Topliss-reactive ketones (excluding diaryl/α,β-unsaturated/α-hetero) is 1. The summed E-state index contributed by atoms with van der Waals surface area (Å²) >= 11 is 17.9. The summed E-state index contributed by atoms with van der Waals surface area (Å²) in [5.41, 5.74) is 2.36. The van der Waals surface area contributed by atoms with Crippen molar-refractivity contribution in [1.29, 1.82) is 5.26 Å². The van der Waals surface area contributed by atoms with E-state index in [-0.39, 0.29) is 30.2 Å². The second-order valence-corrected chi connectivity index (χ2v) is 9.72. The maximum atomic E-state index is 13.5. The van der Waals surface area contributed by atoms with Crippen molar-refractivity contribution in [2.75, 3.05) is 30.8 Å². The van der Waals surface area contributed by atoms with Gasteiger partial charge in [-0.15, -0.1) is 11.6 Å². The molecule has 1 aliphatic heterocycles. The Kier molecular flexibility index (Phi) is 10.7. The molecule has 0 aliphatic carbocycles. The number of rotatable bonds is 10. The summed E-state index contributed by atoms with van der Waals surface area (Å²) in [5, 5.41) is 12.5. The highest BCUT2D eigenvalue weighted by atomic mass is 35.5. The monoisotopic (exact) mass is 534 g/mol. The molecule has 9 heteroatoms. The summed E-state index contributed by atoms with van der Waals surface area (Å²) in [6.45, 7) is 2.98. The fourth-order valence-electron chi connectivity index (χ4n) is 4.30. The van der Waals surface area contributed by atoms with Crippen LogP contribution in [0.15, 0.2) is 42.5 Å². The highest BCUT2D eigenvalue weighted by Crippen LogP contribution is 2.27. The van der Waals surface area contributed by atoms with Crippen molar-refractivity contribution in [3.05, 3.63) is 63.6 Å². The Labute approximate surface area is 221 Å². The second kappa shape index (κ2) is 13.7. The van der Waals surface area contributed by atoms with E-state index in [1.807, 2.05) is 29.2 Å². The molecule has 0 unspecified atom stereocenters. The Morgan fingerprint density at radius 1 is 1.09 bits per heavy atom. The maximum Gasteiger partial charge on any atom is 0.322 e. The van der Waals surface area contributed by atoms with Gasteiger partial charge in [-0.1, -0.05) is 47.5 Å². The molecule has 3 rings (SSSR count). The predicted octanol–water partition coefficient (Wildman–Crippen LogP) is 6.15. The van der Waals surface area contributed by atoms with Crippen molar-refractivity contribution in [2.24, 2.45) is 0 Å². The molecule has 6 nitrogen and oxygen atoms in total. The van der Waals surface area contributed by atoms with Crippen LogP contribution in [-0.2, 0) is 17.8 Å². The molecule has 1 fully saturated rings. The number of hydrogen-bond acceptors (Lipinski definition) is 4. The molecule has 1 N–H and O–H groups in total. The molecule has 1 saturated heterocycles. The molecular weight excluding hydrogens is 507 g/mol. The number of likely N-dealkylation sites (tertiary alicyclic amines) is 1. The molecule has 0 radical (unpaired) electrons. The first-order chi connectivity index (χ1) is 16.9. The van der Waals surface area contributed by atoms with Crippen LogP contribution in [0.4, 0.5) is 10.5 Å². The van der Waals surface area contributed by atoms with Gasteiger partial charge in [-0.05, 0) is 55.1 Å². The molecule has 1 heterocycles. The van der Waals surface area contributed by atoms with E-state index in [9.17, 15) is 9.59 Å². The molecule has 2 amide bonds. The molecule has 1 aliphatic rings. The second-order valence-electron chi connectivity index (χ2n) is 8.64. The zero-order valence-electron chi connectivity index (χ0n) is 19.5. The fraction of sp³-hybridized carbons (Fsp3) is 0.423. The highest BCUT2D eigenvalue weighted by molar-refractivity contribution is 6.42. The van der Waals surface area contributed by atoms with Gasteiger partial charge >= 0.3 is 6.03 Å². The molecule has 0 bridgehead atoms. The van der Waals surface area contributed by atoms with Gasteiger partial charge in [0.25, 0.3) is 0 Å². The van der Waals surface area contributed by atoms with Crippen LogP contribution in [0, 0.1) is 11.3 Å². The Balaban J connectivity index is 1.78. The molecule has 35 heavy (non-hydrogen) atoms. The van der Waals surface area contributed by atoms with Crippen LogP contribution < -0.4 is 5.32 Å². The number of nitriles is 1. The van der Waals surface area contributed by atoms with Crippen molar-refractivity contribution in [2.45, 2.75) is 44.7 Å². The van der Waals surface area contributed by atoms with Gasteiger partial charge < -0.3 is 15.1 Å². The van der Waals surface area contributed by atoms with Crippen LogP contribution in [0.2, 0.25) is 10.0 Å². The van der Waals surface area contributed by atoms with Gasteiger partial charge in [0.15, 0.2) is 5.78 Å². The third-order valence-corrected chi connectivity index (χ3v) is 7.23. The Morgan fingerprint density at radius 2 is 1.80 bits per heavy atom. The minimum Gasteiger partial charge on any atom is -0.317 e. The Morgan fingerprint density at radius 3 is 2.46 bits per heavy atom. The summed E-state index contributed by atoms with van der Waals surface area (Å²) < 4.78 is 0. The van der Waals surface area contributed by atoms with Crippen molar-refractivity contribution >= 4 is 52.3 Å². The Bertz CT molecular complexity index is 1060. The lowest BCUT2D eigenvalue weighted by atomic mass is 9.99. The topological polar surface area (TPSA) is 76.4 Å². The number of alkyl halides is 1. The number of benzene rings is 2. The lowest BCUT2D eigenvalue weighted by Gasteiger charge is -2.39. The average molecular weight is 536 g/mol. The first kappa shape index (κ1) is 27.3. The van der Waals surface area contributed by atoms with Crippen molar-refractivity contribution in [1.82, 2.24) is 9.80 Å². The molecule has 186 valence electrons. The standard InChI is InChI=1S/C26H29Cl3N4O2/c27-17-23(34)15-19-5-1-2-6-20(19)18-33(22-9-13-32(14-10-22)12-4-3-11-30)26(35)31-21-7-8-24(28)25(29)16-21/h1-2,5-8,16,22H,3-4,9-10,12-15,17-18H2,(H,31,35). The first-order valence-electron chi connectivity index (χ1n) is 11.7. The fourth-order valence-corrected chi connectivity index (χ4v) is 4.69. The first-order valence-corrected chi connectivity index (χ1v) is 13.0. The lowest BCUT2D eigenvalue weighted by Crippen LogP contribution is -2.48. The summed E-state index contributed by atoms with van der Waals surface area (Å²) in [6.07, 6.45) is 3.29. The van der Waals surface area contributed by atoms with E-state index in [1.54, 1.807) is 18.2 Å². The quantitative estimate of drug-likeness (QED) is 0.293. The molecule has 0 atom stereocenters. The molecule has 2 aromatic carbocycles. The van der Waals surface area contributed by atoms with Crippen LogP contribution in [0.3, 0.4) is 0 Å². The minimum absolute atomic E-state index is 0.0294. The number of ketones is 1. The number of urea groups is 1. The van der Waals surface area contributed by atoms with E-state index in [1.165, 1.54) is 0 Å². The van der Waals surface area contributed by atoms with Gasteiger partial charge in [0.2, 0.25) is 0 Å². The average Bonchev–Trinajstić information content (AvgIpc) is 2.86. The summed E-state index contributed by atoms with van der Waals surface area (Å²) in [4.78, 5) is 29.7. The maximum absolute atomic E-state index is 13.5. The van der Waals surface area contributed by atoms with E-state index >= 15 is 0 Å². The van der Waals surface area contributed by atoms with Gasteiger partial charge in [-0.3, -0.25) is 4.79 Å². The number of nitrogens with zero attached hydrogens (tertiary/aromatic N) is 3. The third-order valence-electron chi connectivity index (χ3n) is 6.19. The number of anilines is 1. The van der Waals surface area contributed by atoms with Crippen LogP contribution >= 0.6 is 34.8 Å². The normalized spacial score (nSPS) is 14.3.